The van der Waals surface area contributed by atoms with Crippen molar-refractivity contribution in [3.8, 4) is 5.69 Å². The van der Waals surface area contributed by atoms with E-state index in [1.807, 2.05) is 0 Å². The molecule has 2 aliphatic heterocycles. The van der Waals surface area contributed by atoms with Crippen molar-refractivity contribution < 1.29 is 27.5 Å². The van der Waals surface area contributed by atoms with Crippen molar-refractivity contribution in [1.82, 2.24) is 9.88 Å². The monoisotopic (exact) mass is 523 g/mol. The van der Waals surface area contributed by atoms with E-state index < -0.39 is 62.5 Å². The van der Waals surface area contributed by atoms with E-state index in [1.165, 1.54) is 0 Å². The number of carboxylic acids is 1. The minimum atomic E-state index is -1.66. The zero-order valence-electron chi connectivity index (χ0n) is 18.9. The van der Waals surface area contributed by atoms with Gasteiger partial charge in [0, 0.05) is 37.0 Å². The van der Waals surface area contributed by atoms with Crippen molar-refractivity contribution in [1.29, 1.82) is 0 Å². The maximum absolute atomic E-state index is 16.2. The van der Waals surface area contributed by atoms with Gasteiger partial charge < -0.3 is 19.9 Å². The first-order chi connectivity index (χ1) is 16.7. The second-order valence-corrected chi connectivity index (χ2v) is 8.83. The predicted octanol–water partition coefficient (Wildman–Crippen LogP) is 4.50. The summed E-state index contributed by atoms with van der Waals surface area (Å²) in [5.74, 6) is -5.69. The average Bonchev–Trinajstić information content (AvgIpc) is 3.23. The fourth-order valence-electron chi connectivity index (χ4n) is 5.24. The molecule has 2 aromatic carbocycles. The van der Waals surface area contributed by atoms with Gasteiger partial charge in [-0.25, -0.2) is 22.4 Å². The Kier molecular flexibility index (Phi) is 6.85. The predicted molar refractivity (Wildman–Crippen MR) is 130 cm³/mol. The lowest BCUT2D eigenvalue weighted by atomic mass is 9.94. The molecule has 2 aliphatic rings. The van der Waals surface area contributed by atoms with Crippen LogP contribution in [0.5, 0.6) is 0 Å². The van der Waals surface area contributed by atoms with E-state index in [0.717, 1.165) is 48.4 Å². The average molecular weight is 524 g/mol. The Morgan fingerprint density at radius 1 is 1.17 bits per heavy atom. The highest BCUT2D eigenvalue weighted by molar-refractivity contribution is 5.98. The molecule has 0 radical (unpaired) electrons. The van der Waals surface area contributed by atoms with Crippen molar-refractivity contribution in [3.63, 3.8) is 0 Å². The second kappa shape index (κ2) is 9.59. The molecule has 3 heterocycles. The number of nitrogens with one attached hydrogen (secondary N) is 1. The number of halogens is 5. The zero-order chi connectivity index (χ0) is 25.0. The molecule has 2 atom stereocenters. The quantitative estimate of drug-likeness (QED) is 0.493. The normalized spacial score (nSPS) is 19.2. The molecule has 3 aromatic rings. The number of piperidine rings is 1. The zero-order valence-corrected chi connectivity index (χ0v) is 19.7. The molecule has 11 heteroatoms. The molecule has 190 valence electrons. The third-order valence-corrected chi connectivity index (χ3v) is 6.86. The SMILES string of the molecule is C=Cc1c(F)c(N2CC3CCCNC3C2)c(F)c2c1c(=O)c(C(=O)O)cn2-c1ccc(F)cc1F.Cl. The van der Waals surface area contributed by atoms with Crippen LogP contribution in [0.4, 0.5) is 23.2 Å². The van der Waals surface area contributed by atoms with Gasteiger partial charge in [-0.1, -0.05) is 12.7 Å². The van der Waals surface area contributed by atoms with E-state index in [1.54, 1.807) is 4.90 Å². The first-order valence-electron chi connectivity index (χ1n) is 11.1. The van der Waals surface area contributed by atoms with Crippen LogP contribution in [0.15, 0.2) is 35.8 Å². The van der Waals surface area contributed by atoms with Crippen molar-refractivity contribution >= 4 is 41.0 Å². The lowest BCUT2D eigenvalue weighted by molar-refractivity contribution is 0.0695. The summed E-state index contributed by atoms with van der Waals surface area (Å²) in [4.78, 5) is 26.4. The van der Waals surface area contributed by atoms with E-state index in [0.29, 0.717) is 19.2 Å². The van der Waals surface area contributed by atoms with Crippen LogP contribution in [0.3, 0.4) is 0 Å². The molecule has 0 bridgehead atoms. The lowest BCUT2D eigenvalue weighted by Gasteiger charge is -2.24. The minimum absolute atomic E-state index is 0. The van der Waals surface area contributed by atoms with Gasteiger partial charge in [-0.2, -0.15) is 0 Å². The molecule has 1 aromatic heterocycles. The van der Waals surface area contributed by atoms with Crippen LogP contribution in [0.2, 0.25) is 0 Å². The van der Waals surface area contributed by atoms with Crippen LogP contribution in [-0.4, -0.2) is 41.3 Å². The van der Waals surface area contributed by atoms with Gasteiger partial charge in [0.15, 0.2) is 11.6 Å². The molecule has 0 spiro atoms. The van der Waals surface area contributed by atoms with E-state index in [4.69, 9.17) is 0 Å². The molecule has 5 rings (SSSR count). The van der Waals surface area contributed by atoms with Crippen LogP contribution in [0.1, 0.15) is 28.8 Å². The van der Waals surface area contributed by atoms with Gasteiger partial charge in [-0.3, -0.25) is 4.79 Å². The van der Waals surface area contributed by atoms with Crippen LogP contribution in [-0.2, 0) is 0 Å². The Morgan fingerprint density at radius 2 is 1.92 bits per heavy atom. The van der Waals surface area contributed by atoms with E-state index in [-0.39, 0.29) is 29.9 Å². The number of pyridine rings is 1. The number of anilines is 1. The van der Waals surface area contributed by atoms with Gasteiger partial charge in [0.05, 0.1) is 16.6 Å². The Balaban J connectivity index is 0.00000304. The summed E-state index contributed by atoms with van der Waals surface area (Å²) in [5, 5.41) is 12.3. The smallest absolute Gasteiger partial charge is 0.341 e. The molecule has 2 N–H and O–H groups in total. The number of benzene rings is 2. The highest BCUT2D eigenvalue weighted by Crippen LogP contribution is 2.38. The van der Waals surface area contributed by atoms with E-state index >= 15 is 8.78 Å². The largest absolute Gasteiger partial charge is 0.477 e. The molecular weight excluding hydrogens is 502 g/mol. The van der Waals surface area contributed by atoms with Crippen LogP contribution in [0.25, 0.3) is 22.7 Å². The number of fused-ring (bicyclic) bond motifs is 2. The van der Waals surface area contributed by atoms with Crippen LogP contribution in [0, 0.1) is 29.2 Å². The van der Waals surface area contributed by atoms with Gasteiger partial charge >= 0.3 is 5.97 Å². The van der Waals surface area contributed by atoms with Crippen LogP contribution >= 0.6 is 12.4 Å². The van der Waals surface area contributed by atoms with E-state index in [2.05, 4.69) is 11.9 Å². The van der Waals surface area contributed by atoms with Gasteiger partial charge in [0.1, 0.15) is 22.9 Å². The lowest BCUT2D eigenvalue weighted by Crippen LogP contribution is -2.40. The summed E-state index contributed by atoms with van der Waals surface area (Å²) in [6.45, 7) is 5.04. The third kappa shape index (κ3) is 3.94. The summed E-state index contributed by atoms with van der Waals surface area (Å²) in [6, 6.07) is 2.49. The number of carboxylic acid groups (broad SMARTS) is 1. The number of hydrogen-bond acceptors (Lipinski definition) is 4. The van der Waals surface area contributed by atoms with E-state index in [9.17, 15) is 23.5 Å². The minimum Gasteiger partial charge on any atom is -0.477 e. The summed E-state index contributed by atoms with van der Waals surface area (Å²) in [6.07, 6.45) is 3.62. The maximum atomic E-state index is 16.2. The molecule has 2 unspecified atom stereocenters. The van der Waals surface area contributed by atoms with Crippen molar-refractivity contribution in [2.45, 2.75) is 18.9 Å². The summed E-state index contributed by atoms with van der Waals surface area (Å²) >= 11 is 0. The summed E-state index contributed by atoms with van der Waals surface area (Å²) in [7, 11) is 0. The Morgan fingerprint density at radius 3 is 2.56 bits per heavy atom. The molecule has 0 saturated carbocycles. The molecule has 0 amide bonds. The summed E-state index contributed by atoms with van der Waals surface area (Å²) < 4.78 is 61.1. The number of nitrogens with zero attached hydrogens (tertiary/aromatic N) is 2. The fourth-order valence-corrected chi connectivity index (χ4v) is 5.24. The van der Waals surface area contributed by atoms with Crippen molar-refractivity contribution in [3.05, 3.63) is 75.6 Å². The Labute approximate surface area is 209 Å². The van der Waals surface area contributed by atoms with Gasteiger partial charge in [0.2, 0.25) is 5.43 Å². The molecule has 6 nitrogen and oxygen atoms in total. The number of carbonyl (C=O) groups is 1. The number of aromatic carboxylic acids is 1. The second-order valence-electron chi connectivity index (χ2n) is 8.83. The van der Waals surface area contributed by atoms with Gasteiger partial charge in [-0.05, 0) is 37.4 Å². The van der Waals surface area contributed by atoms with Crippen molar-refractivity contribution in [2.24, 2.45) is 5.92 Å². The number of aromatic nitrogens is 1. The first kappa shape index (κ1) is 25.7. The third-order valence-electron chi connectivity index (χ3n) is 6.86. The first-order valence-corrected chi connectivity index (χ1v) is 11.1. The highest BCUT2D eigenvalue weighted by atomic mass is 35.5. The van der Waals surface area contributed by atoms with Crippen LogP contribution < -0.4 is 15.6 Å². The standard InChI is InChI=1S/C25H21F4N3O3.ClH/c1-2-14-19-22(21(29)23(20(14)28)31-9-12-4-3-7-30-17(12)11-31)32(10-15(24(19)33)25(34)35)18-6-5-13(26)8-16(18)27;/h2,5-6,8,10,12,17,30H,1,3-4,7,9,11H2,(H,34,35);1H. The fraction of sp³-hybridized carbons (Fsp3) is 0.280. The van der Waals surface area contributed by atoms with Gasteiger partial charge in [0.25, 0.3) is 0 Å². The molecule has 0 aliphatic carbocycles. The van der Waals surface area contributed by atoms with Crippen molar-refractivity contribution in [2.75, 3.05) is 24.5 Å². The Bertz CT molecular complexity index is 1450. The highest BCUT2D eigenvalue weighted by Gasteiger charge is 2.38. The molecular formula is C25H22ClF4N3O3. The van der Waals surface area contributed by atoms with Gasteiger partial charge in [-0.15, -0.1) is 12.4 Å². The molecule has 2 fully saturated rings. The number of rotatable bonds is 4. The maximum Gasteiger partial charge on any atom is 0.341 e. The number of hydrogen-bond donors (Lipinski definition) is 2. The molecule has 36 heavy (non-hydrogen) atoms. The Hall–Kier alpha value is -3.37. The molecule has 2 saturated heterocycles. The summed E-state index contributed by atoms with van der Waals surface area (Å²) in [5.41, 5.74) is -3.66. The topological polar surface area (TPSA) is 74.6 Å².